The number of nitrogens with one attached hydrogen (secondary N) is 3. The number of fused-ring (bicyclic) bond motifs is 2. The van der Waals surface area contributed by atoms with Crippen LogP contribution in [0.2, 0.25) is 0 Å². The number of carbonyl (C=O) groups excluding carboxylic acids is 1. The average molecular weight is 372 g/mol. The second-order valence-electron chi connectivity index (χ2n) is 7.56. The highest BCUT2D eigenvalue weighted by atomic mass is 32.1. The van der Waals surface area contributed by atoms with Gasteiger partial charge < -0.3 is 16.0 Å². The van der Waals surface area contributed by atoms with Crippen LogP contribution in [0.15, 0.2) is 0 Å². The van der Waals surface area contributed by atoms with Crippen molar-refractivity contribution in [3.63, 3.8) is 0 Å². The second kappa shape index (κ2) is 6.50. The third-order valence-electron chi connectivity index (χ3n) is 4.92. The number of rotatable bonds is 3. The second-order valence-corrected chi connectivity index (χ2v) is 8.64. The van der Waals surface area contributed by atoms with Crippen molar-refractivity contribution in [1.82, 2.24) is 15.0 Å². The van der Waals surface area contributed by atoms with Crippen LogP contribution in [-0.2, 0) is 17.6 Å². The van der Waals surface area contributed by atoms with Gasteiger partial charge in [-0.15, -0.1) is 11.3 Å². The molecule has 3 heterocycles. The molecular formula is C18H24N6OS. The summed E-state index contributed by atoms with van der Waals surface area (Å²) in [6, 6.07) is -0.293. The average Bonchev–Trinajstić information content (AvgIpc) is 2.96. The van der Waals surface area contributed by atoms with E-state index in [1.54, 1.807) is 11.3 Å². The van der Waals surface area contributed by atoms with E-state index in [0.29, 0.717) is 29.1 Å². The SMILES string of the molecule is Cc1nc(Nc2nc3c(s2)CC(C)CC3)c2c(n1)NC(C(C)C)C(=O)N2. The zero-order valence-corrected chi connectivity index (χ0v) is 16.3. The summed E-state index contributed by atoms with van der Waals surface area (Å²) in [6.45, 7) is 8.15. The number of amides is 1. The molecule has 7 nitrogen and oxygen atoms in total. The minimum atomic E-state index is -0.293. The van der Waals surface area contributed by atoms with Gasteiger partial charge in [-0.2, -0.15) is 0 Å². The Hall–Kier alpha value is -2.22. The van der Waals surface area contributed by atoms with Gasteiger partial charge in [-0.1, -0.05) is 20.8 Å². The molecule has 2 aromatic heterocycles. The fraction of sp³-hybridized carbons (Fsp3) is 0.556. The van der Waals surface area contributed by atoms with E-state index in [0.717, 1.165) is 18.0 Å². The zero-order valence-electron chi connectivity index (χ0n) is 15.5. The Labute approximate surface area is 157 Å². The molecule has 26 heavy (non-hydrogen) atoms. The highest BCUT2D eigenvalue weighted by molar-refractivity contribution is 7.15. The van der Waals surface area contributed by atoms with Crippen molar-refractivity contribution < 1.29 is 4.79 Å². The lowest BCUT2D eigenvalue weighted by Crippen LogP contribution is -2.43. The van der Waals surface area contributed by atoms with Crippen molar-refractivity contribution in [3.8, 4) is 0 Å². The van der Waals surface area contributed by atoms with Crippen molar-refractivity contribution in [2.75, 3.05) is 16.0 Å². The Morgan fingerprint density at radius 1 is 1.27 bits per heavy atom. The van der Waals surface area contributed by atoms with Crippen LogP contribution in [0.1, 0.15) is 43.6 Å². The minimum Gasteiger partial charge on any atom is -0.356 e. The van der Waals surface area contributed by atoms with Gasteiger partial charge in [0.25, 0.3) is 0 Å². The number of hydrogen-bond acceptors (Lipinski definition) is 7. The summed E-state index contributed by atoms with van der Waals surface area (Å²) in [5.41, 5.74) is 1.79. The van der Waals surface area contributed by atoms with Gasteiger partial charge >= 0.3 is 0 Å². The van der Waals surface area contributed by atoms with E-state index < -0.39 is 0 Å². The molecule has 138 valence electrons. The van der Waals surface area contributed by atoms with Crippen molar-refractivity contribution in [1.29, 1.82) is 0 Å². The van der Waals surface area contributed by atoms with Gasteiger partial charge in [0.2, 0.25) is 5.91 Å². The third kappa shape index (κ3) is 3.13. The summed E-state index contributed by atoms with van der Waals surface area (Å²) >= 11 is 1.68. The van der Waals surface area contributed by atoms with Gasteiger partial charge in [0.05, 0.1) is 5.69 Å². The molecule has 0 radical (unpaired) electrons. The molecule has 2 unspecified atom stereocenters. The number of carbonyl (C=O) groups is 1. The highest BCUT2D eigenvalue weighted by Gasteiger charge is 2.31. The van der Waals surface area contributed by atoms with Gasteiger partial charge in [0.1, 0.15) is 17.6 Å². The Morgan fingerprint density at radius 3 is 2.85 bits per heavy atom. The first-order chi connectivity index (χ1) is 12.4. The van der Waals surface area contributed by atoms with Crippen LogP contribution in [-0.4, -0.2) is 26.9 Å². The fourth-order valence-corrected chi connectivity index (χ4v) is 4.63. The molecule has 2 atom stereocenters. The maximum absolute atomic E-state index is 12.4. The molecule has 0 saturated carbocycles. The number of hydrogen-bond donors (Lipinski definition) is 3. The molecule has 1 aliphatic carbocycles. The molecule has 8 heteroatoms. The predicted molar refractivity (Wildman–Crippen MR) is 104 cm³/mol. The zero-order chi connectivity index (χ0) is 18.4. The van der Waals surface area contributed by atoms with Crippen LogP contribution >= 0.6 is 11.3 Å². The van der Waals surface area contributed by atoms with E-state index in [2.05, 4.69) is 32.8 Å². The smallest absolute Gasteiger partial charge is 0.247 e. The van der Waals surface area contributed by atoms with Gasteiger partial charge in [-0.3, -0.25) is 4.79 Å². The van der Waals surface area contributed by atoms with Crippen LogP contribution in [0.4, 0.5) is 22.5 Å². The first-order valence-corrected chi connectivity index (χ1v) is 9.94. The lowest BCUT2D eigenvalue weighted by molar-refractivity contribution is -0.117. The van der Waals surface area contributed by atoms with Crippen LogP contribution < -0.4 is 16.0 Å². The van der Waals surface area contributed by atoms with Gasteiger partial charge in [0, 0.05) is 4.88 Å². The van der Waals surface area contributed by atoms with Gasteiger partial charge in [-0.05, 0) is 38.0 Å². The Bertz CT molecular complexity index is 862. The number of thiazole rings is 1. The van der Waals surface area contributed by atoms with Crippen molar-refractivity contribution in [3.05, 3.63) is 16.4 Å². The molecule has 4 rings (SSSR count). The summed E-state index contributed by atoms with van der Waals surface area (Å²) in [5.74, 6) is 2.72. The van der Waals surface area contributed by atoms with Crippen molar-refractivity contribution >= 4 is 39.7 Å². The normalized spacial score (nSPS) is 21.7. The van der Waals surface area contributed by atoms with Gasteiger partial charge in [-0.25, -0.2) is 15.0 Å². The lowest BCUT2D eigenvalue weighted by atomic mass is 9.93. The van der Waals surface area contributed by atoms with Crippen LogP contribution in [0.5, 0.6) is 0 Å². The molecule has 2 aliphatic rings. The Balaban J connectivity index is 1.65. The topological polar surface area (TPSA) is 91.8 Å². The van der Waals surface area contributed by atoms with Crippen LogP contribution in [0.3, 0.4) is 0 Å². The Kier molecular flexibility index (Phi) is 4.30. The van der Waals surface area contributed by atoms with E-state index in [1.165, 1.54) is 17.0 Å². The highest BCUT2D eigenvalue weighted by Crippen LogP contribution is 2.37. The van der Waals surface area contributed by atoms with E-state index in [1.807, 2.05) is 20.8 Å². The fourth-order valence-electron chi connectivity index (χ4n) is 3.46. The number of nitrogens with zero attached hydrogens (tertiary/aromatic N) is 3. The lowest BCUT2D eigenvalue weighted by Gasteiger charge is -2.29. The van der Waals surface area contributed by atoms with E-state index >= 15 is 0 Å². The molecule has 1 amide bonds. The molecule has 3 N–H and O–H groups in total. The summed E-state index contributed by atoms with van der Waals surface area (Å²) in [4.78, 5) is 27.5. The first-order valence-electron chi connectivity index (χ1n) is 9.12. The summed E-state index contributed by atoms with van der Waals surface area (Å²) in [6.07, 6.45) is 3.31. The monoisotopic (exact) mass is 372 g/mol. The quantitative estimate of drug-likeness (QED) is 0.764. The number of aromatic nitrogens is 3. The molecule has 1 aliphatic heterocycles. The van der Waals surface area contributed by atoms with E-state index in [4.69, 9.17) is 4.98 Å². The summed E-state index contributed by atoms with van der Waals surface area (Å²) in [7, 11) is 0. The van der Waals surface area contributed by atoms with Crippen molar-refractivity contribution in [2.24, 2.45) is 11.8 Å². The van der Waals surface area contributed by atoms with E-state index in [9.17, 15) is 4.79 Å². The standard InChI is InChI=1S/C18H24N6OS/c1-8(2)13-17(25)23-14-15(22-13)19-10(4)20-16(14)24-18-21-11-6-5-9(3)7-12(11)26-18/h8-9,13H,5-7H2,1-4H3,(H,23,25)(H2,19,20,21,22,24). The largest absolute Gasteiger partial charge is 0.356 e. The Morgan fingerprint density at radius 2 is 2.08 bits per heavy atom. The van der Waals surface area contributed by atoms with Crippen LogP contribution in [0.25, 0.3) is 0 Å². The van der Waals surface area contributed by atoms with E-state index in [-0.39, 0.29) is 17.9 Å². The van der Waals surface area contributed by atoms with Crippen molar-refractivity contribution in [2.45, 2.75) is 53.0 Å². The number of aryl methyl sites for hydroxylation is 2. The maximum Gasteiger partial charge on any atom is 0.247 e. The molecule has 0 saturated heterocycles. The molecule has 0 bridgehead atoms. The molecule has 2 aromatic rings. The summed E-state index contributed by atoms with van der Waals surface area (Å²) < 4.78 is 0. The summed E-state index contributed by atoms with van der Waals surface area (Å²) in [5, 5.41) is 10.3. The molecule has 0 fully saturated rings. The first kappa shape index (κ1) is 17.2. The minimum absolute atomic E-state index is 0.0599. The van der Waals surface area contributed by atoms with Crippen LogP contribution in [0, 0.1) is 18.8 Å². The molecular weight excluding hydrogens is 348 g/mol. The molecule has 0 aromatic carbocycles. The predicted octanol–water partition coefficient (Wildman–Crippen LogP) is 3.50. The van der Waals surface area contributed by atoms with Gasteiger partial charge in [0.15, 0.2) is 16.8 Å². The third-order valence-corrected chi connectivity index (χ3v) is 5.96. The number of anilines is 4. The maximum atomic E-state index is 12.4. The molecule has 0 spiro atoms.